The summed E-state index contributed by atoms with van der Waals surface area (Å²) in [5.74, 6) is 0. The zero-order valence-electron chi connectivity index (χ0n) is 7.91. The molecule has 12 heavy (non-hydrogen) atoms. The molecule has 0 unspecified atom stereocenters. The minimum absolute atomic E-state index is 0.398. The van der Waals surface area contributed by atoms with E-state index in [0.717, 1.165) is 0 Å². The molecule has 0 saturated heterocycles. The van der Waals surface area contributed by atoms with Gasteiger partial charge >= 0.3 is 9.53 Å². The minimum Gasteiger partial charge on any atom is -0.379 e. The Morgan fingerprint density at radius 3 is 2.08 bits per heavy atom. The van der Waals surface area contributed by atoms with Crippen molar-refractivity contribution in [2.45, 2.75) is 38.2 Å². The highest BCUT2D eigenvalue weighted by Crippen LogP contribution is 2.20. The molecular weight excluding hydrogens is 172 g/mol. The molecule has 0 spiro atoms. The fourth-order valence-corrected chi connectivity index (χ4v) is 2.57. The van der Waals surface area contributed by atoms with Gasteiger partial charge in [0, 0.05) is 20.3 Å². The van der Waals surface area contributed by atoms with E-state index in [1.165, 1.54) is 32.1 Å². The molecule has 0 aromatic heterocycles. The summed E-state index contributed by atoms with van der Waals surface area (Å²) in [6.45, 7) is 0. The molecule has 0 aromatic carbocycles. The summed E-state index contributed by atoms with van der Waals surface area (Å²) in [5.41, 5.74) is 0. The van der Waals surface area contributed by atoms with Gasteiger partial charge in [0.15, 0.2) is 0 Å². The zero-order chi connectivity index (χ0) is 8.81. The van der Waals surface area contributed by atoms with Gasteiger partial charge in [0.1, 0.15) is 0 Å². The first-order chi connectivity index (χ1) is 5.86. The molecule has 72 valence electrons. The Morgan fingerprint density at radius 2 is 1.58 bits per heavy atom. The SMILES string of the molecule is CO[SiH](OC)OC1CCCCC1. The number of rotatable bonds is 4. The second-order valence-corrected chi connectivity index (χ2v) is 4.95. The van der Waals surface area contributed by atoms with E-state index < -0.39 is 9.53 Å². The van der Waals surface area contributed by atoms with Crippen LogP contribution in [0, 0.1) is 0 Å². The normalized spacial score (nSPS) is 20.2. The Bertz CT molecular complexity index is 111. The van der Waals surface area contributed by atoms with Crippen molar-refractivity contribution in [1.82, 2.24) is 0 Å². The van der Waals surface area contributed by atoms with Gasteiger partial charge in [-0.1, -0.05) is 19.3 Å². The van der Waals surface area contributed by atoms with Crippen molar-refractivity contribution in [1.29, 1.82) is 0 Å². The van der Waals surface area contributed by atoms with Gasteiger partial charge in [-0.2, -0.15) is 0 Å². The van der Waals surface area contributed by atoms with Crippen molar-refractivity contribution < 1.29 is 13.3 Å². The average molecular weight is 190 g/mol. The molecule has 0 bridgehead atoms. The van der Waals surface area contributed by atoms with Crippen LogP contribution < -0.4 is 0 Å². The smallest absolute Gasteiger partial charge is 0.379 e. The molecule has 4 heteroatoms. The highest BCUT2D eigenvalue weighted by Gasteiger charge is 2.20. The standard InChI is InChI=1S/C8H18O3Si/c1-9-12(10-2)11-8-6-4-3-5-7-8/h8,12H,3-7H2,1-2H3. The van der Waals surface area contributed by atoms with Crippen LogP contribution in [-0.2, 0) is 13.3 Å². The second-order valence-electron chi connectivity index (χ2n) is 3.16. The minimum atomic E-state index is -1.77. The van der Waals surface area contributed by atoms with Gasteiger partial charge in [-0.05, 0) is 12.8 Å². The summed E-state index contributed by atoms with van der Waals surface area (Å²) < 4.78 is 15.9. The van der Waals surface area contributed by atoms with E-state index in [0.29, 0.717) is 6.10 Å². The Labute approximate surface area is 76.0 Å². The van der Waals surface area contributed by atoms with E-state index in [1.807, 2.05) is 0 Å². The van der Waals surface area contributed by atoms with Gasteiger partial charge in [-0.25, -0.2) is 0 Å². The van der Waals surface area contributed by atoms with Gasteiger partial charge in [0.25, 0.3) is 0 Å². The maximum Gasteiger partial charge on any atom is 0.483 e. The molecule has 1 saturated carbocycles. The van der Waals surface area contributed by atoms with Crippen molar-refractivity contribution in [3.63, 3.8) is 0 Å². The summed E-state index contributed by atoms with van der Waals surface area (Å²) >= 11 is 0. The molecule has 1 aliphatic rings. The monoisotopic (exact) mass is 190 g/mol. The molecular formula is C8H18O3Si. The van der Waals surface area contributed by atoms with Crippen molar-refractivity contribution >= 4 is 9.53 Å². The van der Waals surface area contributed by atoms with Gasteiger partial charge in [0.05, 0.1) is 0 Å². The third-order valence-corrected chi connectivity index (χ3v) is 3.62. The third-order valence-electron chi connectivity index (χ3n) is 2.24. The summed E-state index contributed by atoms with van der Waals surface area (Å²) in [6, 6.07) is 0. The van der Waals surface area contributed by atoms with Crippen LogP contribution in [0.1, 0.15) is 32.1 Å². The Balaban J connectivity index is 2.18. The van der Waals surface area contributed by atoms with E-state index in [1.54, 1.807) is 14.2 Å². The van der Waals surface area contributed by atoms with Crippen molar-refractivity contribution in [2.24, 2.45) is 0 Å². The number of hydrogen-bond donors (Lipinski definition) is 0. The first-order valence-corrected chi connectivity index (χ1v) is 5.99. The Hall–Kier alpha value is 0.0969. The Kier molecular flexibility index (Phi) is 4.83. The fraction of sp³-hybridized carbons (Fsp3) is 1.00. The summed E-state index contributed by atoms with van der Waals surface area (Å²) in [4.78, 5) is 0. The van der Waals surface area contributed by atoms with Crippen molar-refractivity contribution in [2.75, 3.05) is 14.2 Å². The average Bonchev–Trinajstić information content (AvgIpc) is 2.16. The molecule has 1 rings (SSSR count). The van der Waals surface area contributed by atoms with Gasteiger partial charge in [0.2, 0.25) is 0 Å². The van der Waals surface area contributed by atoms with Crippen molar-refractivity contribution in [3.05, 3.63) is 0 Å². The van der Waals surface area contributed by atoms with E-state index in [-0.39, 0.29) is 0 Å². The first kappa shape index (κ1) is 10.2. The highest BCUT2D eigenvalue weighted by atomic mass is 28.3. The van der Waals surface area contributed by atoms with E-state index in [4.69, 9.17) is 13.3 Å². The molecule has 0 N–H and O–H groups in total. The van der Waals surface area contributed by atoms with Crippen LogP contribution in [-0.4, -0.2) is 29.9 Å². The van der Waals surface area contributed by atoms with Gasteiger partial charge in [-0.3, -0.25) is 0 Å². The lowest BCUT2D eigenvalue weighted by Crippen LogP contribution is -2.31. The second kappa shape index (κ2) is 5.69. The Morgan fingerprint density at radius 1 is 1.00 bits per heavy atom. The third kappa shape index (κ3) is 3.22. The molecule has 0 aliphatic heterocycles. The van der Waals surface area contributed by atoms with Gasteiger partial charge < -0.3 is 13.3 Å². The van der Waals surface area contributed by atoms with Crippen molar-refractivity contribution in [3.8, 4) is 0 Å². The number of hydrogen-bond acceptors (Lipinski definition) is 3. The fourth-order valence-electron chi connectivity index (χ4n) is 1.57. The van der Waals surface area contributed by atoms with Crippen LogP contribution in [0.25, 0.3) is 0 Å². The van der Waals surface area contributed by atoms with E-state index >= 15 is 0 Å². The summed E-state index contributed by atoms with van der Waals surface area (Å²) in [6.07, 6.45) is 6.69. The van der Waals surface area contributed by atoms with Crippen LogP contribution in [0.2, 0.25) is 0 Å². The maximum absolute atomic E-state index is 5.68. The zero-order valence-corrected chi connectivity index (χ0v) is 9.07. The quantitative estimate of drug-likeness (QED) is 0.626. The van der Waals surface area contributed by atoms with Crippen LogP contribution in [0.3, 0.4) is 0 Å². The van der Waals surface area contributed by atoms with Crippen LogP contribution in [0.15, 0.2) is 0 Å². The predicted octanol–water partition coefficient (Wildman–Crippen LogP) is 1.35. The molecule has 1 aliphatic carbocycles. The lowest BCUT2D eigenvalue weighted by atomic mass is 9.98. The first-order valence-electron chi connectivity index (χ1n) is 4.58. The lowest BCUT2D eigenvalue weighted by Gasteiger charge is -2.24. The van der Waals surface area contributed by atoms with Crippen LogP contribution >= 0.6 is 0 Å². The molecule has 0 atom stereocenters. The summed E-state index contributed by atoms with van der Waals surface area (Å²) in [5, 5.41) is 0. The van der Waals surface area contributed by atoms with E-state index in [2.05, 4.69) is 0 Å². The lowest BCUT2D eigenvalue weighted by molar-refractivity contribution is 0.0654. The molecule has 1 fully saturated rings. The van der Waals surface area contributed by atoms with Gasteiger partial charge in [-0.15, -0.1) is 0 Å². The van der Waals surface area contributed by atoms with E-state index in [9.17, 15) is 0 Å². The molecule has 0 amide bonds. The molecule has 0 radical (unpaired) electrons. The van der Waals surface area contributed by atoms with Crippen LogP contribution in [0.4, 0.5) is 0 Å². The highest BCUT2D eigenvalue weighted by molar-refractivity contribution is 6.36. The molecule has 0 heterocycles. The summed E-state index contributed by atoms with van der Waals surface area (Å²) in [7, 11) is 1.55. The predicted molar refractivity (Wildman–Crippen MR) is 49.1 cm³/mol. The van der Waals surface area contributed by atoms with Crippen LogP contribution in [0.5, 0.6) is 0 Å². The topological polar surface area (TPSA) is 27.7 Å². The largest absolute Gasteiger partial charge is 0.483 e. The molecule has 0 aromatic rings. The maximum atomic E-state index is 5.68. The molecule has 3 nitrogen and oxygen atoms in total.